The van der Waals surface area contributed by atoms with Crippen molar-refractivity contribution in [2.24, 2.45) is 0 Å². The summed E-state index contributed by atoms with van der Waals surface area (Å²) in [5.41, 5.74) is 1.80. The number of carbonyl (C=O) groups is 2. The fourth-order valence-corrected chi connectivity index (χ4v) is 2.94. The Kier molecular flexibility index (Phi) is 5.68. The molecule has 0 aliphatic carbocycles. The SMILES string of the molecule is CCOc1ccc2oc(C(=O)OC(C(=O)N(C)C)c3ccccc3)c(C)c2c1. The van der Waals surface area contributed by atoms with Crippen LogP contribution in [0.25, 0.3) is 11.0 Å². The molecule has 2 aromatic carbocycles. The quantitative estimate of drug-likeness (QED) is 0.601. The van der Waals surface area contributed by atoms with Crippen LogP contribution in [0.3, 0.4) is 0 Å². The van der Waals surface area contributed by atoms with E-state index in [0.29, 0.717) is 29.1 Å². The van der Waals surface area contributed by atoms with Crippen molar-refractivity contribution in [3.8, 4) is 5.75 Å². The number of ether oxygens (including phenoxy) is 2. The zero-order valence-electron chi connectivity index (χ0n) is 16.4. The highest BCUT2D eigenvalue weighted by molar-refractivity contribution is 5.97. The first-order valence-corrected chi connectivity index (χ1v) is 9.05. The van der Waals surface area contributed by atoms with Crippen LogP contribution in [-0.4, -0.2) is 37.5 Å². The largest absolute Gasteiger partial charge is 0.494 e. The molecule has 0 aliphatic rings. The molecule has 6 nitrogen and oxygen atoms in total. The van der Waals surface area contributed by atoms with E-state index in [0.717, 1.165) is 5.39 Å². The Labute approximate surface area is 163 Å². The monoisotopic (exact) mass is 381 g/mol. The van der Waals surface area contributed by atoms with Crippen LogP contribution in [0.4, 0.5) is 0 Å². The van der Waals surface area contributed by atoms with Gasteiger partial charge in [-0.2, -0.15) is 0 Å². The van der Waals surface area contributed by atoms with E-state index in [4.69, 9.17) is 13.9 Å². The van der Waals surface area contributed by atoms with Crippen molar-refractivity contribution in [2.45, 2.75) is 20.0 Å². The molecule has 0 radical (unpaired) electrons. The molecule has 0 aliphatic heterocycles. The second-order valence-electron chi connectivity index (χ2n) is 6.58. The fraction of sp³-hybridized carbons (Fsp3) is 0.273. The predicted molar refractivity (Wildman–Crippen MR) is 105 cm³/mol. The number of amides is 1. The van der Waals surface area contributed by atoms with Gasteiger partial charge in [-0.15, -0.1) is 0 Å². The van der Waals surface area contributed by atoms with E-state index < -0.39 is 12.1 Å². The molecule has 0 saturated carbocycles. The molecule has 1 unspecified atom stereocenters. The number of carbonyl (C=O) groups excluding carboxylic acids is 2. The average molecular weight is 381 g/mol. The Bertz CT molecular complexity index is 991. The Morgan fingerprint density at radius 2 is 1.82 bits per heavy atom. The van der Waals surface area contributed by atoms with E-state index in [9.17, 15) is 9.59 Å². The van der Waals surface area contributed by atoms with Crippen molar-refractivity contribution in [1.82, 2.24) is 4.90 Å². The molecule has 1 aromatic heterocycles. The average Bonchev–Trinajstić information content (AvgIpc) is 3.02. The molecule has 1 amide bonds. The van der Waals surface area contributed by atoms with Crippen LogP contribution < -0.4 is 4.74 Å². The van der Waals surface area contributed by atoms with Crippen LogP contribution in [-0.2, 0) is 9.53 Å². The van der Waals surface area contributed by atoms with E-state index in [1.807, 2.05) is 19.1 Å². The number of benzene rings is 2. The lowest BCUT2D eigenvalue weighted by atomic mass is 10.1. The van der Waals surface area contributed by atoms with E-state index >= 15 is 0 Å². The standard InChI is InChI=1S/C22H23NO5/c1-5-26-16-11-12-18-17(13-16)14(2)19(27-18)22(25)28-20(21(24)23(3)4)15-9-7-6-8-10-15/h6-13,20H,5H2,1-4H3. The molecule has 1 atom stereocenters. The number of rotatable bonds is 6. The van der Waals surface area contributed by atoms with Crippen molar-refractivity contribution in [1.29, 1.82) is 0 Å². The minimum Gasteiger partial charge on any atom is -0.494 e. The number of esters is 1. The summed E-state index contributed by atoms with van der Waals surface area (Å²) >= 11 is 0. The summed E-state index contributed by atoms with van der Waals surface area (Å²) < 4.78 is 16.8. The maximum absolute atomic E-state index is 12.8. The lowest BCUT2D eigenvalue weighted by Gasteiger charge is -2.20. The highest BCUT2D eigenvalue weighted by Crippen LogP contribution is 2.30. The second kappa shape index (κ2) is 8.17. The van der Waals surface area contributed by atoms with Crippen LogP contribution in [0.5, 0.6) is 5.75 Å². The molecule has 0 fully saturated rings. The summed E-state index contributed by atoms with van der Waals surface area (Å²) in [5, 5.41) is 0.771. The maximum atomic E-state index is 12.8. The van der Waals surface area contributed by atoms with E-state index in [1.165, 1.54) is 4.90 Å². The molecule has 1 heterocycles. The van der Waals surface area contributed by atoms with Gasteiger partial charge in [-0.05, 0) is 32.0 Å². The first-order valence-electron chi connectivity index (χ1n) is 9.05. The number of fused-ring (bicyclic) bond motifs is 1. The van der Waals surface area contributed by atoms with Gasteiger partial charge in [0.1, 0.15) is 11.3 Å². The molecule has 0 bridgehead atoms. The summed E-state index contributed by atoms with van der Waals surface area (Å²) in [6.45, 7) is 4.23. The summed E-state index contributed by atoms with van der Waals surface area (Å²) in [4.78, 5) is 26.8. The number of aryl methyl sites for hydroxylation is 1. The molecule has 146 valence electrons. The van der Waals surface area contributed by atoms with Crippen LogP contribution in [0, 0.1) is 6.92 Å². The topological polar surface area (TPSA) is 69.0 Å². The van der Waals surface area contributed by atoms with E-state index in [2.05, 4.69) is 0 Å². The van der Waals surface area contributed by atoms with Gasteiger partial charge in [0.25, 0.3) is 5.91 Å². The van der Waals surface area contributed by atoms with E-state index in [-0.39, 0.29) is 11.7 Å². The maximum Gasteiger partial charge on any atom is 0.375 e. The van der Waals surface area contributed by atoms with Gasteiger partial charge in [0.2, 0.25) is 11.9 Å². The number of likely N-dealkylation sites (N-methyl/N-ethyl adjacent to an activating group) is 1. The highest BCUT2D eigenvalue weighted by atomic mass is 16.6. The molecule has 0 spiro atoms. The molecular weight excluding hydrogens is 358 g/mol. The van der Waals surface area contributed by atoms with Gasteiger partial charge in [0, 0.05) is 30.6 Å². The van der Waals surface area contributed by atoms with Crippen molar-refractivity contribution in [3.63, 3.8) is 0 Å². The number of furan rings is 1. The minimum atomic E-state index is -1.05. The fourth-order valence-electron chi connectivity index (χ4n) is 2.94. The molecule has 6 heteroatoms. The van der Waals surface area contributed by atoms with Crippen LogP contribution in [0.15, 0.2) is 52.9 Å². The lowest BCUT2D eigenvalue weighted by molar-refractivity contribution is -0.138. The van der Waals surface area contributed by atoms with Gasteiger partial charge in [-0.25, -0.2) is 4.79 Å². The first-order chi connectivity index (χ1) is 13.4. The lowest BCUT2D eigenvalue weighted by Crippen LogP contribution is -2.31. The zero-order chi connectivity index (χ0) is 20.3. The van der Waals surface area contributed by atoms with Crippen LogP contribution in [0.1, 0.15) is 34.7 Å². The van der Waals surface area contributed by atoms with Crippen molar-refractivity contribution >= 4 is 22.8 Å². The number of nitrogens with zero attached hydrogens (tertiary/aromatic N) is 1. The predicted octanol–water partition coefficient (Wildman–Crippen LogP) is 4.13. The molecule has 28 heavy (non-hydrogen) atoms. The Morgan fingerprint density at radius 1 is 1.11 bits per heavy atom. The number of hydrogen-bond donors (Lipinski definition) is 0. The smallest absolute Gasteiger partial charge is 0.375 e. The Hall–Kier alpha value is -3.28. The summed E-state index contributed by atoms with van der Waals surface area (Å²) in [6.07, 6.45) is -1.05. The first kappa shape index (κ1) is 19.5. The molecule has 3 rings (SSSR count). The summed E-state index contributed by atoms with van der Waals surface area (Å²) in [6, 6.07) is 14.3. The normalized spacial score (nSPS) is 11.9. The molecular formula is C22H23NO5. The van der Waals surface area contributed by atoms with Crippen molar-refractivity contribution < 1.29 is 23.5 Å². The Morgan fingerprint density at radius 3 is 2.46 bits per heavy atom. The third-order valence-electron chi connectivity index (χ3n) is 4.40. The van der Waals surface area contributed by atoms with Gasteiger partial charge in [0.05, 0.1) is 6.61 Å². The van der Waals surface area contributed by atoms with Gasteiger partial charge in [-0.1, -0.05) is 30.3 Å². The Balaban J connectivity index is 1.93. The molecule has 0 saturated heterocycles. The summed E-state index contributed by atoms with van der Waals surface area (Å²) in [7, 11) is 3.24. The van der Waals surface area contributed by atoms with Gasteiger partial charge >= 0.3 is 5.97 Å². The second-order valence-corrected chi connectivity index (χ2v) is 6.58. The van der Waals surface area contributed by atoms with Crippen LogP contribution in [0.2, 0.25) is 0 Å². The van der Waals surface area contributed by atoms with Gasteiger partial charge in [0.15, 0.2) is 0 Å². The molecule has 0 N–H and O–H groups in total. The minimum absolute atomic E-state index is 0.0798. The summed E-state index contributed by atoms with van der Waals surface area (Å²) in [5.74, 6) is -0.234. The molecule has 3 aromatic rings. The van der Waals surface area contributed by atoms with Crippen molar-refractivity contribution in [3.05, 3.63) is 65.4 Å². The highest BCUT2D eigenvalue weighted by Gasteiger charge is 2.29. The number of hydrogen-bond acceptors (Lipinski definition) is 5. The zero-order valence-corrected chi connectivity index (χ0v) is 16.4. The third-order valence-corrected chi connectivity index (χ3v) is 4.40. The van der Waals surface area contributed by atoms with E-state index in [1.54, 1.807) is 57.4 Å². The third kappa shape index (κ3) is 3.86. The van der Waals surface area contributed by atoms with Gasteiger partial charge < -0.3 is 18.8 Å². The van der Waals surface area contributed by atoms with Crippen molar-refractivity contribution in [2.75, 3.05) is 20.7 Å². The van der Waals surface area contributed by atoms with Crippen LogP contribution >= 0.6 is 0 Å². The van der Waals surface area contributed by atoms with Gasteiger partial charge in [-0.3, -0.25) is 4.79 Å².